The number of morpholine rings is 1. The lowest BCUT2D eigenvalue weighted by molar-refractivity contribution is -0.137. The Bertz CT molecular complexity index is 443. The van der Waals surface area contributed by atoms with E-state index in [4.69, 9.17) is 9.47 Å². The molecule has 0 aliphatic carbocycles. The van der Waals surface area contributed by atoms with E-state index in [9.17, 15) is 4.79 Å². The van der Waals surface area contributed by atoms with Crippen molar-refractivity contribution in [1.29, 1.82) is 0 Å². The molecule has 0 bridgehead atoms. The van der Waals surface area contributed by atoms with Crippen LogP contribution in [0.25, 0.3) is 0 Å². The molecule has 2 aliphatic rings. The molecule has 0 unspecified atom stereocenters. The third-order valence-electron chi connectivity index (χ3n) is 3.45. The van der Waals surface area contributed by atoms with E-state index in [2.05, 4.69) is 0 Å². The minimum absolute atomic E-state index is 0.0105. The molecule has 2 aliphatic heterocycles. The molecule has 2 fully saturated rings. The summed E-state index contributed by atoms with van der Waals surface area (Å²) in [5, 5.41) is 3.83. The van der Waals surface area contributed by atoms with Crippen LogP contribution in [0.3, 0.4) is 0 Å². The normalized spacial score (nSPS) is 30.2. The number of carbonyl (C=O) groups excluding carboxylic acids is 1. The van der Waals surface area contributed by atoms with Gasteiger partial charge in [0.2, 0.25) is 0 Å². The molecule has 0 radical (unpaired) electrons. The van der Waals surface area contributed by atoms with Gasteiger partial charge in [0.05, 0.1) is 30.4 Å². The van der Waals surface area contributed by atoms with E-state index in [0.717, 1.165) is 5.56 Å². The van der Waals surface area contributed by atoms with Gasteiger partial charge in [-0.15, -0.1) is 0 Å². The standard InChI is InChI=1S/C13H17NO3S/c1-13(2)8-14(10-5-16-6-11(10)17-13)12(15)9-3-4-18-7-9/h3-4,7,10-11H,5-6,8H2,1-2H3/t10-,11-/m1/s1. The van der Waals surface area contributed by atoms with Crippen LogP contribution in [0.1, 0.15) is 24.2 Å². The van der Waals surface area contributed by atoms with Gasteiger partial charge in [-0.1, -0.05) is 0 Å². The van der Waals surface area contributed by atoms with Gasteiger partial charge in [-0.3, -0.25) is 4.79 Å². The molecule has 0 saturated carbocycles. The SMILES string of the molecule is CC1(C)CN(C(=O)c2ccsc2)[C@@H]2COC[C@H]2O1. The highest BCUT2D eigenvalue weighted by molar-refractivity contribution is 7.08. The Kier molecular flexibility index (Phi) is 2.92. The lowest BCUT2D eigenvalue weighted by Gasteiger charge is -2.45. The number of carbonyl (C=O) groups is 1. The van der Waals surface area contributed by atoms with Crippen LogP contribution in [0.5, 0.6) is 0 Å². The van der Waals surface area contributed by atoms with E-state index < -0.39 is 0 Å². The summed E-state index contributed by atoms with van der Waals surface area (Å²) >= 11 is 1.55. The van der Waals surface area contributed by atoms with Crippen molar-refractivity contribution < 1.29 is 14.3 Å². The molecule has 1 aromatic heterocycles. The summed E-state index contributed by atoms with van der Waals surface area (Å²) < 4.78 is 11.4. The molecule has 4 nitrogen and oxygen atoms in total. The number of amides is 1. The van der Waals surface area contributed by atoms with Crippen LogP contribution in [0.15, 0.2) is 16.8 Å². The molecule has 3 rings (SSSR count). The highest BCUT2D eigenvalue weighted by Crippen LogP contribution is 2.30. The number of nitrogens with zero attached hydrogens (tertiary/aromatic N) is 1. The number of fused-ring (bicyclic) bond motifs is 1. The number of hydrogen-bond donors (Lipinski definition) is 0. The maximum Gasteiger partial charge on any atom is 0.255 e. The first kappa shape index (κ1) is 12.1. The van der Waals surface area contributed by atoms with Gasteiger partial charge < -0.3 is 14.4 Å². The molecular weight excluding hydrogens is 250 g/mol. The van der Waals surface area contributed by atoms with Crippen molar-refractivity contribution in [2.45, 2.75) is 31.6 Å². The average Bonchev–Trinajstić information content (AvgIpc) is 2.95. The highest BCUT2D eigenvalue weighted by atomic mass is 32.1. The Balaban J connectivity index is 1.87. The van der Waals surface area contributed by atoms with Gasteiger partial charge in [0.1, 0.15) is 6.10 Å². The number of hydrogen-bond acceptors (Lipinski definition) is 4. The molecule has 1 aromatic rings. The second kappa shape index (κ2) is 4.33. The molecule has 2 atom stereocenters. The Morgan fingerprint density at radius 1 is 1.50 bits per heavy atom. The van der Waals surface area contributed by atoms with Gasteiger partial charge in [-0.05, 0) is 25.3 Å². The fourth-order valence-electron chi connectivity index (χ4n) is 2.68. The first-order valence-electron chi connectivity index (χ1n) is 6.15. The van der Waals surface area contributed by atoms with Crippen molar-refractivity contribution in [3.05, 3.63) is 22.4 Å². The molecule has 0 spiro atoms. The minimum atomic E-state index is -0.305. The zero-order chi connectivity index (χ0) is 12.8. The summed E-state index contributed by atoms with van der Waals surface area (Å²) in [5.74, 6) is 0.0909. The molecule has 18 heavy (non-hydrogen) atoms. The molecule has 0 N–H and O–H groups in total. The maximum absolute atomic E-state index is 12.5. The summed E-state index contributed by atoms with van der Waals surface area (Å²) in [5.41, 5.74) is 0.462. The second-order valence-electron chi connectivity index (χ2n) is 5.47. The van der Waals surface area contributed by atoms with E-state index in [-0.39, 0.29) is 23.7 Å². The monoisotopic (exact) mass is 267 g/mol. The number of rotatable bonds is 1. The van der Waals surface area contributed by atoms with Gasteiger partial charge in [-0.25, -0.2) is 0 Å². The van der Waals surface area contributed by atoms with E-state index >= 15 is 0 Å². The van der Waals surface area contributed by atoms with Crippen LogP contribution in [0, 0.1) is 0 Å². The van der Waals surface area contributed by atoms with E-state index in [0.29, 0.717) is 19.8 Å². The lowest BCUT2D eigenvalue weighted by atomic mass is 10.00. The van der Waals surface area contributed by atoms with E-state index in [1.54, 1.807) is 11.3 Å². The van der Waals surface area contributed by atoms with E-state index in [1.807, 2.05) is 35.6 Å². The van der Waals surface area contributed by atoms with Crippen LogP contribution >= 0.6 is 11.3 Å². The van der Waals surface area contributed by atoms with Crippen molar-refractivity contribution in [3.8, 4) is 0 Å². The summed E-state index contributed by atoms with van der Waals surface area (Å²) in [7, 11) is 0. The molecule has 98 valence electrons. The van der Waals surface area contributed by atoms with Gasteiger partial charge in [0.25, 0.3) is 5.91 Å². The van der Waals surface area contributed by atoms with Gasteiger partial charge in [-0.2, -0.15) is 11.3 Å². The van der Waals surface area contributed by atoms with Crippen molar-refractivity contribution in [2.24, 2.45) is 0 Å². The first-order chi connectivity index (χ1) is 8.57. The fraction of sp³-hybridized carbons (Fsp3) is 0.615. The Morgan fingerprint density at radius 2 is 2.33 bits per heavy atom. The third-order valence-corrected chi connectivity index (χ3v) is 4.13. The zero-order valence-electron chi connectivity index (χ0n) is 10.6. The van der Waals surface area contributed by atoms with Crippen LogP contribution in [0.4, 0.5) is 0 Å². The topological polar surface area (TPSA) is 38.8 Å². The third kappa shape index (κ3) is 2.06. The first-order valence-corrected chi connectivity index (χ1v) is 7.10. The lowest BCUT2D eigenvalue weighted by Crippen LogP contribution is -2.60. The van der Waals surface area contributed by atoms with Crippen LogP contribution in [0.2, 0.25) is 0 Å². The Morgan fingerprint density at radius 3 is 3.06 bits per heavy atom. The molecule has 3 heterocycles. The van der Waals surface area contributed by atoms with Crippen LogP contribution in [-0.4, -0.2) is 48.3 Å². The summed E-state index contributed by atoms with van der Waals surface area (Å²) in [6.45, 7) is 5.83. The maximum atomic E-state index is 12.5. The second-order valence-corrected chi connectivity index (χ2v) is 6.25. The molecule has 1 amide bonds. The largest absolute Gasteiger partial charge is 0.376 e. The van der Waals surface area contributed by atoms with Crippen molar-refractivity contribution in [2.75, 3.05) is 19.8 Å². The van der Waals surface area contributed by atoms with Crippen LogP contribution < -0.4 is 0 Å². The highest BCUT2D eigenvalue weighted by Gasteiger charge is 2.46. The smallest absolute Gasteiger partial charge is 0.255 e. The minimum Gasteiger partial charge on any atom is -0.376 e. The number of ether oxygens (including phenoxy) is 2. The van der Waals surface area contributed by atoms with Gasteiger partial charge >= 0.3 is 0 Å². The summed E-state index contributed by atoms with van der Waals surface area (Å²) in [6.07, 6.45) is 0.0105. The molecular formula is C13H17NO3S. The quantitative estimate of drug-likeness (QED) is 0.778. The number of thiophene rings is 1. The Labute approximate surface area is 110 Å². The fourth-order valence-corrected chi connectivity index (χ4v) is 3.31. The van der Waals surface area contributed by atoms with E-state index in [1.165, 1.54) is 0 Å². The molecule has 2 saturated heterocycles. The average molecular weight is 267 g/mol. The predicted octanol–water partition coefficient (Wildman–Crippen LogP) is 1.77. The Hall–Kier alpha value is -0.910. The van der Waals surface area contributed by atoms with Crippen molar-refractivity contribution in [1.82, 2.24) is 4.90 Å². The molecule has 5 heteroatoms. The predicted molar refractivity (Wildman–Crippen MR) is 68.9 cm³/mol. The van der Waals surface area contributed by atoms with Crippen molar-refractivity contribution >= 4 is 17.2 Å². The zero-order valence-corrected chi connectivity index (χ0v) is 11.4. The van der Waals surface area contributed by atoms with Crippen molar-refractivity contribution in [3.63, 3.8) is 0 Å². The molecule has 0 aromatic carbocycles. The summed E-state index contributed by atoms with van der Waals surface area (Å²) in [6, 6.07) is 1.94. The summed E-state index contributed by atoms with van der Waals surface area (Å²) in [4.78, 5) is 14.4. The van der Waals surface area contributed by atoms with Gasteiger partial charge in [0, 0.05) is 11.9 Å². The van der Waals surface area contributed by atoms with Crippen LogP contribution in [-0.2, 0) is 9.47 Å². The van der Waals surface area contributed by atoms with Gasteiger partial charge in [0.15, 0.2) is 0 Å².